The number of halogens is 3. The Kier molecular flexibility index (Phi) is 7.41. The summed E-state index contributed by atoms with van der Waals surface area (Å²) in [6, 6.07) is 5.91. The second-order valence-electron chi connectivity index (χ2n) is 9.55. The molecular formula is C25H31F3N4O2S. The molecule has 1 aromatic heterocycles. The van der Waals surface area contributed by atoms with Crippen molar-refractivity contribution in [3.8, 4) is 0 Å². The number of rotatable bonds is 5. The number of hydrogen-bond donors (Lipinski definition) is 1. The average Bonchev–Trinajstić information content (AvgIpc) is 3.05. The molecule has 0 saturated carbocycles. The van der Waals surface area contributed by atoms with Crippen molar-refractivity contribution in [2.24, 2.45) is 0 Å². The fourth-order valence-electron chi connectivity index (χ4n) is 5.23. The van der Waals surface area contributed by atoms with Crippen molar-refractivity contribution in [3.63, 3.8) is 0 Å². The zero-order valence-corrected chi connectivity index (χ0v) is 20.5. The number of hydrogen-bond acceptors (Lipinski definition) is 6. The van der Waals surface area contributed by atoms with Gasteiger partial charge >= 0.3 is 6.18 Å². The van der Waals surface area contributed by atoms with E-state index in [1.807, 2.05) is 0 Å². The first-order valence-electron chi connectivity index (χ1n) is 12.4. The summed E-state index contributed by atoms with van der Waals surface area (Å²) in [6.45, 7) is 3.60. The lowest BCUT2D eigenvalue weighted by Crippen LogP contribution is -2.35. The van der Waals surface area contributed by atoms with Crippen LogP contribution in [0.1, 0.15) is 60.5 Å². The molecule has 35 heavy (non-hydrogen) atoms. The van der Waals surface area contributed by atoms with Crippen LogP contribution in [-0.4, -0.2) is 52.3 Å². The third-order valence-electron chi connectivity index (χ3n) is 7.24. The number of benzene rings is 1. The number of piperidine rings is 1. The molecule has 3 aliphatic rings. The van der Waals surface area contributed by atoms with E-state index in [-0.39, 0.29) is 5.92 Å². The molecule has 0 bridgehead atoms. The van der Waals surface area contributed by atoms with Gasteiger partial charge in [-0.05, 0) is 55.7 Å². The molecule has 0 radical (unpaired) electrons. The Morgan fingerprint density at radius 2 is 1.83 bits per heavy atom. The van der Waals surface area contributed by atoms with Crippen LogP contribution in [0.4, 0.5) is 19.1 Å². The van der Waals surface area contributed by atoms with E-state index >= 15 is 0 Å². The van der Waals surface area contributed by atoms with Crippen LogP contribution in [0.25, 0.3) is 0 Å². The predicted molar refractivity (Wildman–Crippen MR) is 128 cm³/mol. The Bertz CT molecular complexity index is 1050. The highest BCUT2D eigenvalue weighted by Gasteiger charge is 2.31. The standard InChI is InChI=1S/C25H31F3N4O2S/c26-25(27,28)19-5-3-17(4-6-19)18-7-11-32(12-8-18)24-30-21-10-15-35(33)23(21)22(31-24)16-29-20-2-1-13-34-14-9-20/h3-6,18,20,29H,1-2,7-16H2/t20-,35?/m1/s1. The molecule has 5 rings (SSSR count). The highest BCUT2D eigenvalue weighted by molar-refractivity contribution is 7.85. The van der Waals surface area contributed by atoms with E-state index < -0.39 is 22.5 Å². The van der Waals surface area contributed by atoms with Crippen LogP contribution < -0.4 is 10.2 Å². The van der Waals surface area contributed by atoms with Crippen LogP contribution in [0.5, 0.6) is 0 Å². The number of nitrogens with one attached hydrogen (secondary N) is 1. The van der Waals surface area contributed by atoms with E-state index in [4.69, 9.17) is 14.7 Å². The fraction of sp³-hybridized carbons (Fsp3) is 0.600. The van der Waals surface area contributed by atoms with Gasteiger partial charge in [-0.2, -0.15) is 13.2 Å². The second kappa shape index (κ2) is 10.5. The molecule has 2 aromatic rings. The van der Waals surface area contributed by atoms with E-state index in [1.54, 1.807) is 12.1 Å². The van der Waals surface area contributed by atoms with Gasteiger partial charge in [0.25, 0.3) is 0 Å². The van der Waals surface area contributed by atoms with E-state index in [9.17, 15) is 17.4 Å². The summed E-state index contributed by atoms with van der Waals surface area (Å²) in [5.41, 5.74) is 2.05. The van der Waals surface area contributed by atoms with Crippen molar-refractivity contribution in [2.75, 3.05) is 37.0 Å². The van der Waals surface area contributed by atoms with Gasteiger partial charge in [0.15, 0.2) is 0 Å². The molecule has 2 saturated heterocycles. The van der Waals surface area contributed by atoms with E-state index in [1.165, 1.54) is 12.1 Å². The molecule has 1 N–H and O–H groups in total. The number of nitrogens with zero attached hydrogens (tertiary/aromatic N) is 3. The SMILES string of the molecule is O=S1CCc2nc(N3CCC(c4ccc(C(F)(F)F)cc4)CC3)nc(CN[C@@H]3CCCOCC3)c21. The maximum atomic E-state index is 12.9. The lowest BCUT2D eigenvalue weighted by atomic mass is 9.89. The zero-order valence-electron chi connectivity index (χ0n) is 19.6. The molecule has 1 unspecified atom stereocenters. The number of alkyl halides is 3. The molecule has 6 nitrogen and oxygen atoms in total. The molecule has 0 aliphatic carbocycles. The van der Waals surface area contributed by atoms with Crippen molar-refractivity contribution in [1.82, 2.24) is 15.3 Å². The van der Waals surface area contributed by atoms with Crippen LogP contribution >= 0.6 is 0 Å². The van der Waals surface area contributed by atoms with Gasteiger partial charge in [0.1, 0.15) is 0 Å². The Labute approximate surface area is 206 Å². The van der Waals surface area contributed by atoms with Crippen molar-refractivity contribution in [3.05, 3.63) is 46.8 Å². The normalized spacial score (nSPS) is 23.8. The zero-order chi connectivity index (χ0) is 24.4. The van der Waals surface area contributed by atoms with Crippen LogP contribution in [0.3, 0.4) is 0 Å². The summed E-state index contributed by atoms with van der Waals surface area (Å²) >= 11 is 0. The van der Waals surface area contributed by atoms with Crippen molar-refractivity contribution < 1.29 is 22.1 Å². The highest BCUT2D eigenvalue weighted by atomic mass is 32.2. The lowest BCUT2D eigenvalue weighted by molar-refractivity contribution is -0.137. The Balaban J connectivity index is 1.27. The largest absolute Gasteiger partial charge is 0.416 e. The van der Waals surface area contributed by atoms with Crippen molar-refractivity contribution in [2.45, 2.75) is 68.1 Å². The Morgan fingerprint density at radius 1 is 1.06 bits per heavy atom. The molecule has 1 aromatic carbocycles. The number of aryl methyl sites for hydroxylation is 1. The van der Waals surface area contributed by atoms with Crippen LogP contribution in [0, 0.1) is 0 Å². The number of aromatic nitrogens is 2. The second-order valence-corrected chi connectivity index (χ2v) is 11.1. The summed E-state index contributed by atoms with van der Waals surface area (Å²) in [5.74, 6) is 1.48. The molecule has 10 heteroatoms. The quantitative estimate of drug-likeness (QED) is 0.653. The molecular weight excluding hydrogens is 477 g/mol. The van der Waals surface area contributed by atoms with Crippen molar-refractivity contribution >= 4 is 16.7 Å². The average molecular weight is 509 g/mol. The smallest absolute Gasteiger partial charge is 0.381 e. The maximum absolute atomic E-state index is 12.9. The van der Waals surface area contributed by atoms with Gasteiger partial charge < -0.3 is 15.0 Å². The molecule has 190 valence electrons. The summed E-state index contributed by atoms with van der Waals surface area (Å²) in [6.07, 6.45) is 1.09. The van der Waals surface area contributed by atoms with Gasteiger partial charge in [0, 0.05) is 51.1 Å². The molecule has 4 heterocycles. The monoisotopic (exact) mass is 508 g/mol. The van der Waals surface area contributed by atoms with Crippen LogP contribution in [0.15, 0.2) is 29.2 Å². The number of ether oxygens (including phenoxy) is 1. The van der Waals surface area contributed by atoms with Crippen molar-refractivity contribution in [1.29, 1.82) is 0 Å². The maximum Gasteiger partial charge on any atom is 0.416 e. The number of fused-ring (bicyclic) bond motifs is 1. The summed E-state index contributed by atoms with van der Waals surface area (Å²) in [4.78, 5) is 12.6. The van der Waals surface area contributed by atoms with E-state index in [0.29, 0.717) is 30.7 Å². The molecule has 0 amide bonds. The lowest BCUT2D eigenvalue weighted by Gasteiger charge is -2.33. The first-order valence-corrected chi connectivity index (χ1v) is 13.7. The first-order chi connectivity index (χ1) is 16.9. The minimum Gasteiger partial charge on any atom is -0.381 e. The van der Waals surface area contributed by atoms with E-state index in [2.05, 4.69) is 10.2 Å². The third-order valence-corrected chi connectivity index (χ3v) is 8.74. The van der Waals surface area contributed by atoms with E-state index in [0.717, 1.165) is 80.3 Å². The fourth-order valence-corrected chi connectivity index (χ4v) is 6.60. The van der Waals surface area contributed by atoms with Crippen LogP contribution in [-0.2, 0) is 34.7 Å². The van der Waals surface area contributed by atoms with Gasteiger partial charge in [0.2, 0.25) is 5.95 Å². The van der Waals surface area contributed by atoms with Gasteiger partial charge in [0.05, 0.1) is 32.6 Å². The summed E-state index contributed by atoms with van der Waals surface area (Å²) in [5, 5.41) is 3.60. The Hall–Kier alpha value is -2.04. The van der Waals surface area contributed by atoms with Gasteiger partial charge in [-0.25, -0.2) is 9.97 Å². The minimum absolute atomic E-state index is 0.217. The van der Waals surface area contributed by atoms with Gasteiger partial charge in [-0.15, -0.1) is 0 Å². The molecule has 3 aliphatic heterocycles. The minimum atomic E-state index is -4.31. The topological polar surface area (TPSA) is 67.4 Å². The first kappa shape index (κ1) is 24.6. The molecule has 2 atom stereocenters. The highest BCUT2D eigenvalue weighted by Crippen LogP contribution is 2.34. The van der Waals surface area contributed by atoms with Gasteiger partial charge in [-0.3, -0.25) is 4.21 Å². The summed E-state index contributed by atoms with van der Waals surface area (Å²) in [7, 11) is -1.06. The molecule has 2 fully saturated rings. The third kappa shape index (κ3) is 5.70. The predicted octanol–water partition coefficient (Wildman–Crippen LogP) is 4.20. The molecule has 0 spiro atoms. The number of anilines is 1. The Morgan fingerprint density at radius 3 is 2.57 bits per heavy atom. The van der Waals surface area contributed by atoms with Gasteiger partial charge in [-0.1, -0.05) is 12.1 Å². The summed E-state index contributed by atoms with van der Waals surface area (Å²) < 4.78 is 56.9. The van der Waals surface area contributed by atoms with Crippen LogP contribution in [0.2, 0.25) is 0 Å².